The molecule has 0 bridgehead atoms. The molecular weight excluding hydrogens is 470 g/mol. The topological polar surface area (TPSA) is 144 Å². The van der Waals surface area contributed by atoms with Crippen LogP contribution in [-0.2, 0) is 11.3 Å². The molecule has 0 radical (unpaired) electrons. The third-order valence-electron chi connectivity index (χ3n) is 6.28. The summed E-state index contributed by atoms with van der Waals surface area (Å²) in [5, 5.41) is 15.1. The van der Waals surface area contributed by atoms with Crippen molar-refractivity contribution in [3.63, 3.8) is 0 Å². The average Bonchev–Trinajstić information content (AvgIpc) is 3.24. The maximum atomic E-state index is 12.3. The van der Waals surface area contributed by atoms with Crippen LogP contribution >= 0.6 is 0 Å². The quantitative estimate of drug-likeness (QED) is 0.376. The number of allylic oxidation sites excluding steroid dienone is 1. The summed E-state index contributed by atoms with van der Waals surface area (Å²) in [6, 6.07) is 0.0109. The Morgan fingerprint density at radius 2 is 1.92 bits per heavy atom. The smallest absolute Gasteiger partial charge is 0.411 e. The van der Waals surface area contributed by atoms with Gasteiger partial charge in [-0.05, 0) is 58.4 Å². The Bertz CT molecular complexity index is 1330. The van der Waals surface area contributed by atoms with Crippen LogP contribution in [0.1, 0.15) is 59.7 Å². The first-order valence-corrected chi connectivity index (χ1v) is 12.7. The van der Waals surface area contributed by atoms with Crippen molar-refractivity contribution in [1.29, 1.82) is 5.41 Å². The molecule has 3 aromatic rings. The lowest BCUT2D eigenvalue weighted by atomic mass is 9.85. The van der Waals surface area contributed by atoms with Crippen LogP contribution in [0, 0.1) is 18.3 Å². The molecule has 196 valence electrons. The first-order valence-electron chi connectivity index (χ1n) is 12.7. The monoisotopic (exact) mass is 505 g/mol. The van der Waals surface area contributed by atoms with Gasteiger partial charge >= 0.3 is 6.09 Å². The molecule has 0 fully saturated rings. The first kappa shape index (κ1) is 26.2. The number of imidazole rings is 1. The standard InChI is InChI=1S/C26H35N9O2/c1-7-35-24(17-11-28-16(6)29-12-17)34-22-23(30-13-31-25(22)35)32-18-8-9-20(33-26(36)37-15(4)5)19(10-18)21(27)14(2)3/h11-15,18,27H,7-10H2,1-6H3,(H,33,36)(H,30,31,32). The van der Waals surface area contributed by atoms with E-state index < -0.39 is 6.09 Å². The second kappa shape index (κ2) is 11.0. The van der Waals surface area contributed by atoms with Gasteiger partial charge in [0.2, 0.25) is 0 Å². The average molecular weight is 506 g/mol. The van der Waals surface area contributed by atoms with Crippen molar-refractivity contribution in [2.45, 2.75) is 79.5 Å². The lowest BCUT2D eigenvalue weighted by Gasteiger charge is -2.30. The number of alkyl carbamates (subject to hydrolysis) is 1. The molecule has 11 heteroatoms. The molecule has 3 heterocycles. The Labute approximate surface area is 216 Å². The lowest BCUT2D eigenvalue weighted by Crippen LogP contribution is -2.35. The molecule has 1 amide bonds. The van der Waals surface area contributed by atoms with Gasteiger partial charge in [-0.1, -0.05) is 13.8 Å². The van der Waals surface area contributed by atoms with E-state index in [1.165, 1.54) is 0 Å². The van der Waals surface area contributed by atoms with Gasteiger partial charge in [-0.25, -0.2) is 29.7 Å². The van der Waals surface area contributed by atoms with E-state index in [1.54, 1.807) is 18.7 Å². The molecule has 0 spiro atoms. The minimum Gasteiger partial charge on any atom is -0.447 e. The van der Waals surface area contributed by atoms with Crippen molar-refractivity contribution >= 4 is 28.8 Å². The number of fused-ring (bicyclic) bond motifs is 1. The van der Waals surface area contributed by atoms with E-state index in [0.717, 1.165) is 34.7 Å². The van der Waals surface area contributed by atoms with Crippen LogP contribution in [0.3, 0.4) is 0 Å². The van der Waals surface area contributed by atoms with E-state index in [0.29, 0.717) is 42.3 Å². The largest absolute Gasteiger partial charge is 0.447 e. The zero-order valence-electron chi connectivity index (χ0n) is 22.3. The van der Waals surface area contributed by atoms with Crippen LogP contribution in [0.5, 0.6) is 0 Å². The lowest BCUT2D eigenvalue weighted by molar-refractivity contribution is 0.117. The summed E-state index contributed by atoms with van der Waals surface area (Å²) in [5.41, 5.74) is 4.32. The second-order valence-corrected chi connectivity index (χ2v) is 9.78. The number of carbonyl (C=O) groups excluding carboxylic acids is 1. The maximum absolute atomic E-state index is 12.3. The summed E-state index contributed by atoms with van der Waals surface area (Å²) >= 11 is 0. The molecule has 1 atom stereocenters. The number of aromatic nitrogens is 6. The fourth-order valence-electron chi connectivity index (χ4n) is 4.45. The van der Waals surface area contributed by atoms with Crippen LogP contribution in [0.15, 0.2) is 30.0 Å². The van der Waals surface area contributed by atoms with E-state index >= 15 is 0 Å². The van der Waals surface area contributed by atoms with Gasteiger partial charge in [0, 0.05) is 36.4 Å². The van der Waals surface area contributed by atoms with Crippen molar-refractivity contribution in [2.75, 3.05) is 5.32 Å². The van der Waals surface area contributed by atoms with Gasteiger partial charge in [-0.3, -0.25) is 5.32 Å². The minimum atomic E-state index is -0.485. The third-order valence-corrected chi connectivity index (χ3v) is 6.28. The van der Waals surface area contributed by atoms with Crippen molar-refractivity contribution in [1.82, 2.24) is 34.8 Å². The molecule has 0 aliphatic heterocycles. The van der Waals surface area contributed by atoms with Gasteiger partial charge in [0.05, 0.1) is 11.7 Å². The van der Waals surface area contributed by atoms with Crippen molar-refractivity contribution < 1.29 is 9.53 Å². The fourth-order valence-corrected chi connectivity index (χ4v) is 4.45. The molecule has 3 aromatic heterocycles. The summed E-state index contributed by atoms with van der Waals surface area (Å²) in [7, 11) is 0. The first-order chi connectivity index (χ1) is 17.7. The number of amides is 1. The highest BCUT2D eigenvalue weighted by atomic mass is 16.6. The summed E-state index contributed by atoms with van der Waals surface area (Å²) < 4.78 is 7.30. The number of nitrogens with zero attached hydrogens (tertiary/aromatic N) is 6. The van der Waals surface area contributed by atoms with E-state index in [-0.39, 0.29) is 18.1 Å². The number of hydrogen-bond donors (Lipinski definition) is 3. The molecule has 3 N–H and O–H groups in total. The molecular formula is C26H35N9O2. The molecule has 1 aliphatic rings. The maximum Gasteiger partial charge on any atom is 0.411 e. The van der Waals surface area contributed by atoms with E-state index in [2.05, 4.69) is 30.6 Å². The van der Waals surface area contributed by atoms with Gasteiger partial charge in [-0.2, -0.15) is 0 Å². The number of carbonyl (C=O) groups is 1. The number of ether oxygens (including phenoxy) is 1. The highest BCUT2D eigenvalue weighted by molar-refractivity contribution is 6.00. The number of nitrogens with one attached hydrogen (secondary N) is 3. The molecule has 11 nitrogen and oxygen atoms in total. The highest BCUT2D eigenvalue weighted by Crippen LogP contribution is 2.31. The normalized spacial score (nSPS) is 15.9. The molecule has 1 aliphatic carbocycles. The molecule has 0 saturated heterocycles. The Balaban J connectivity index is 1.63. The van der Waals surface area contributed by atoms with Crippen molar-refractivity contribution in [3.8, 4) is 11.4 Å². The molecule has 4 rings (SSSR count). The number of anilines is 1. The molecule has 0 aromatic carbocycles. The fraction of sp³-hybridized carbons (Fsp3) is 0.500. The zero-order chi connectivity index (χ0) is 26.7. The molecule has 0 saturated carbocycles. The van der Waals surface area contributed by atoms with Crippen LogP contribution in [-0.4, -0.2) is 53.4 Å². The summed E-state index contributed by atoms with van der Waals surface area (Å²) in [6.45, 7) is 12.2. The summed E-state index contributed by atoms with van der Waals surface area (Å²) in [6.07, 6.45) is 6.32. The van der Waals surface area contributed by atoms with E-state index in [1.807, 2.05) is 46.1 Å². The van der Waals surface area contributed by atoms with Gasteiger partial charge < -0.3 is 20.0 Å². The highest BCUT2D eigenvalue weighted by Gasteiger charge is 2.27. The molecule has 1 unspecified atom stereocenters. The second-order valence-electron chi connectivity index (χ2n) is 9.78. The predicted octanol–water partition coefficient (Wildman–Crippen LogP) is 4.64. The third kappa shape index (κ3) is 5.76. The Kier molecular flexibility index (Phi) is 7.80. The number of hydrogen-bond acceptors (Lipinski definition) is 9. The van der Waals surface area contributed by atoms with E-state index in [9.17, 15) is 4.79 Å². The predicted molar refractivity (Wildman–Crippen MR) is 142 cm³/mol. The van der Waals surface area contributed by atoms with Crippen LogP contribution in [0.25, 0.3) is 22.6 Å². The van der Waals surface area contributed by atoms with Crippen LogP contribution in [0.2, 0.25) is 0 Å². The number of aryl methyl sites for hydroxylation is 2. The minimum absolute atomic E-state index is 0.0109. The SMILES string of the molecule is CCn1c(-c2cnc(C)nc2)nc2c(NC3CCC(NC(=O)OC(C)C)=C(C(=N)C(C)C)C3)ncnc21. The van der Waals surface area contributed by atoms with Crippen molar-refractivity contribution in [3.05, 3.63) is 35.8 Å². The van der Waals surface area contributed by atoms with Crippen molar-refractivity contribution in [2.24, 2.45) is 5.92 Å². The van der Waals surface area contributed by atoms with Gasteiger partial charge in [0.15, 0.2) is 17.0 Å². The zero-order valence-corrected chi connectivity index (χ0v) is 22.3. The Morgan fingerprint density at radius 1 is 1.19 bits per heavy atom. The number of rotatable bonds is 8. The molecule has 37 heavy (non-hydrogen) atoms. The van der Waals surface area contributed by atoms with E-state index in [4.69, 9.17) is 15.1 Å². The van der Waals surface area contributed by atoms with Gasteiger partial charge in [-0.15, -0.1) is 0 Å². The Morgan fingerprint density at radius 3 is 2.57 bits per heavy atom. The summed E-state index contributed by atoms with van der Waals surface area (Å²) in [5.74, 6) is 2.10. The van der Waals surface area contributed by atoms with Crippen LogP contribution in [0.4, 0.5) is 10.6 Å². The Hall–Kier alpha value is -3.89. The summed E-state index contributed by atoms with van der Waals surface area (Å²) in [4.78, 5) is 34.8. The van der Waals surface area contributed by atoms with Gasteiger partial charge in [0.25, 0.3) is 0 Å². The van der Waals surface area contributed by atoms with Crippen LogP contribution < -0.4 is 10.6 Å². The van der Waals surface area contributed by atoms with Gasteiger partial charge in [0.1, 0.15) is 18.0 Å².